The highest BCUT2D eigenvalue weighted by atomic mass is 16.6. The van der Waals surface area contributed by atoms with Crippen molar-refractivity contribution in [3.63, 3.8) is 0 Å². The van der Waals surface area contributed by atoms with Gasteiger partial charge in [0.1, 0.15) is 16.8 Å². The SMILES string of the molecule is CC.CC.CC.CCC(C)(C)C(=O)OCC(=O)OC(C)(C)C1CC1.CCC(C)(C)C(=O)OCC(=O)OC(C)(CC)C1CC1.CCC(C)(C)C(=O)OCC(=O)OC(CC)(CC)C1CC1. The third-order valence-electron chi connectivity index (χ3n) is 12.5. The molecule has 12 heteroatoms. The predicted octanol–water partition coefficient (Wildman–Crippen LogP) is 12.3. The van der Waals surface area contributed by atoms with Crippen LogP contribution in [0.2, 0.25) is 0 Å². The molecule has 12 nitrogen and oxygen atoms in total. The molecule has 0 saturated heterocycles. The fourth-order valence-corrected chi connectivity index (χ4v) is 5.93. The van der Waals surface area contributed by atoms with Crippen LogP contribution in [0.5, 0.6) is 0 Å². The van der Waals surface area contributed by atoms with E-state index >= 15 is 0 Å². The molecule has 3 aliphatic carbocycles. The smallest absolute Gasteiger partial charge is 0.344 e. The predicted molar refractivity (Wildman–Crippen MR) is 252 cm³/mol. The van der Waals surface area contributed by atoms with Crippen LogP contribution in [-0.4, -0.2) is 72.4 Å². The lowest BCUT2D eigenvalue weighted by Gasteiger charge is -2.32. The van der Waals surface area contributed by atoms with E-state index in [4.69, 9.17) is 28.4 Å². The first kappa shape index (κ1) is 64.1. The van der Waals surface area contributed by atoms with Crippen LogP contribution in [-0.2, 0) is 57.2 Å². The van der Waals surface area contributed by atoms with Gasteiger partial charge in [0.25, 0.3) is 0 Å². The van der Waals surface area contributed by atoms with Gasteiger partial charge in [-0.1, -0.05) is 83.1 Å². The van der Waals surface area contributed by atoms with E-state index in [1.54, 1.807) is 27.7 Å². The fourth-order valence-electron chi connectivity index (χ4n) is 5.93. The van der Waals surface area contributed by atoms with Crippen LogP contribution in [0.15, 0.2) is 0 Å². The summed E-state index contributed by atoms with van der Waals surface area (Å²) < 4.78 is 31.6. The van der Waals surface area contributed by atoms with Gasteiger partial charge in [0, 0.05) is 0 Å². The Hall–Kier alpha value is -3.18. The highest BCUT2D eigenvalue weighted by Crippen LogP contribution is 2.46. The first-order valence-corrected chi connectivity index (χ1v) is 24.4. The zero-order valence-electron chi connectivity index (χ0n) is 44.2. The maximum atomic E-state index is 11.9. The summed E-state index contributed by atoms with van der Waals surface area (Å²) >= 11 is 0. The summed E-state index contributed by atoms with van der Waals surface area (Å²) in [4.78, 5) is 70.6. The van der Waals surface area contributed by atoms with Crippen molar-refractivity contribution in [1.29, 1.82) is 0 Å². The van der Waals surface area contributed by atoms with Gasteiger partial charge in [-0.15, -0.1) is 0 Å². The van der Waals surface area contributed by atoms with E-state index in [0.717, 1.165) is 57.8 Å². The molecule has 0 N–H and O–H groups in total. The molecule has 3 fully saturated rings. The van der Waals surface area contributed by atoms with Crippen LogP contribution in [0.3, 0.4) is 0 Å². The van der Waals surface area contributed by atoms with Crippen molar-refractivity contribution in [3.8, 4) is 0 Å². The van der Waals surface area contributed by atoms with Crippen molar-refractivity contribution in [2.24, 2.45) is 34.0 Å². The number of carbonyl (C=O) groups excluding carboxylic acids is 6. The fraction of sp³-hybridized carbons (Fsp3) is 0.882. The second-order valence-corrected chi connectivity index (χ2v) is 18.7. The molecule has 0 heterocycles. The third kappa shape index (κ3) is 23.5. The minimum atomic E-state index is -0.552. The highest BCUT2D eigenvalue weighted by Gasteiger charge is 2.46. The van der Waals surface area contributed by atoms with E-state index in [2.05, 4.69) is 0 Å². The molecule has 0 aromatic rings. The Bertz CT molecular complexity index is 1350. The van der Waals surface area contributed by atoms with Gasteiger partial charge in [-0.3, -0.25) is 14.4 Å². The average Bonchev–Trinajstić information content (AvgIpc) is 4.09. The molecular formula is C51H96O12. The Morgan fingerprint density at radius 2 is 0.667 bits per heavy atom. The Balaban J connectivity index is -0.000000808. The Labute approximate surface area is 385 Å². The number of rotatable bonds is 21. The van der Waals surface area contributed by atoms with Crippen molar-refractivity contribution < 1.29 is 57.2 Å². The number of esters is 6. The van der Waals surface area contributed by atoms with Gasteiger partial charge in [-0.05, 0) is 157 Å². The van der Waals surface area contributed by atoms with E-state index in [1.807, 2.05) is 118 Å². The lowest BCUT2D eigenvalue weighted by molar-refractivity contribution is -0.176. The summed E-state index contributed by atoms with van der Waals surface area (Å²) in [5.41, 5.74) is -2.85. The zero-order chi connectivity index (χ0) is 50.0. The van der Waals surface area contributed by atoms with E-state index < -0.39 is 45.4 Å². The number of carbonyl (C=O) groups is 6. The quantitative estimate of drug-likeness (QED) is 0.0794. The molecule has 3 saturated carbocycles. The van der Waals surface area contributed by atoms with E-state index in [-0.39, 0.29) is 43.3 Å². The maximum Gasteiger partial charge on any atom is 0.344 e. The number of hydrogen-bond donors (Lipinski definition) is 0. The van der Waals surface area contributed by atoms with Crippen LogP contribution < -0.4 is 0 Å². The molecule has 3 rings (SSSR count). The minimum absolute atomic E-state index is 0.281. The summed E-state index contributed by atoms with van der Waals surface area (Å²) in [6.45, 7) is 39.6. The summed E-state index contributed by atoms with van der Waals surface area (Å²) in [6.07, 6.45) is 11.1. The normalized spacial score (nSPS) is 15.6. The van der Waals surface area contributed by atoms with Gasteiger partial charge in [0.2, 0.25) is 0 Å². The van der Waals surface area contributed by atoms with E-state index in [1.165, 1.54) is 0 Å². The average molecular weight is 901 g/mol. The Kier molecular flexibility index (Phi) is 30.6. The molecule has 0 aromatic carbocycles. The molecule has 3 aliphatic rings. The minimum Gasteiger partial charge on any atom is -0.457 e. The van der Waals surface area contributed by atoms with Gasteiger partial charge >= 0.3 is 35.8 Å². The van der Waals surface area contributed by atoms with Crippen LogP contribution in [0.1, 0.15) is 222 Å². The van der Waals surface area contributed by atoms with Crippen molar-refractivity contribution >= 4 is 35.8 Å². The monoisotopic (exact) mass is 901 g/mol. The number of hydrogen-bond acceptors (Lipinski definition) is 12. The topological polar surface area (TPSA) is 158 Å². The number of ether oxygens (including phenoxy) is 6. The zero-order valence-corrected chi connectivity index (χ0v) is 44.2. The highest BCUT2D eigenvalue weighted by molar-refractivity contribution is 5.81. The van der Waals surface area contributed by atoms with Crippen LogP contribution in [0, 0.1) is 34.0 Å². The third-order valence-corrected chi connectivity index (χ3v) is 12.5. The Morgan fingerprint density at radius 1 is 0.381 bits per heavy atom. The molecule has 1 atom stereocenters. The first-order chi connectivity index (χ1) is 29.2. The molecule has 372 valence electrons. The first-order valence-electron chi connectivity index (χ1n) is 24.4. The van der Waals surface area contributed by atoms with Gasteiger partial charge < -0.3 is 28.4 Å². The van der Waals surface area contributed by atoms with Gasteiger partial charge in [0.15, 0.2) is 19.8 Å². The molecule has 0 bridgehead atoms. The van der Waals surface area contributed by atoms with Crippen molar-refractivity contribution in [3.05, 3.63) is 0 Å². The molecule has 63 heavy (non-hydrogen) atoms. The molecule has 0 aromatic heterocycles. The van der Waals surface area contributed by atoms with Gasteiger partial charge in [0.05, 0.1) is 16.2 Å². The molecule has 0 radical (unpaired) electrons. The molecule has 0 aliphatic heterocycles. The molecule has 0 amide bonds. The van der Waals surface area contributed by atoms with Crippen LogP contribution in [0.25, 0.3) is 0 Å². The second-order valence-electron chi connectivity index (χ2n) is 18.7. The van der Waals surface area contributed by atoms with Crippen molar-refractivity contribution in [2.45, 2.75) is 239 Å². The van der Waals surface area contributed by atoms with E-state index in [0.29, 0.717) is 37.0 Å². The lowest BCUT2D eigenvalue weighted by atomic mass is 9.91. The summed E-state index contributed by atoms with van der Waals surface area (Å²) in [5.74, 6) is -1.01. The summed E-state index contributed by atoms with van der Waals surface area (Å²) in [7, 11) is 0. The van der Waals surface area contributed by atoms with Crippen LogP contribution in [0.4, 0.5) is 0 Å². The molecule has 1 unspecified atom stereocenters. The molecule has 0 spiro atoms. The van der Waals surface area contributed by atoms with Crippen LogP contribution >= 0.6 is 0 Å². The maximum absolute atomic E-state index is 11.9. The van der Waals surface area contributed by atoms with Gasteiger partial charge in [-0.2, -0.15) is 0 Å². The largest absolute Gasteiger partial charge is 0.457 e. The van der Waals surface area contributed by atoms with Crippen molar-refractivity contribution in [1.82, 2.24) is 0 Å². The second kappa shape index (κ2) is 30.1. The van der Waals surface area contributed by atoms with Gasteiger partial charge in [-0.25, -0.2) is 14.4 Å². The summed E-state index contributed by atoms with van der Waals surface area (Å²) in [6, 6.07) is 0. The molecular weight excluding hydrogens is 805 g/mol. The Morgan fingerprint density at radius 3 is 0.921 bits per heavy atom. The van der Waals surface area contributed by atoms with Crippen molar-refractivity contribution in [2.75, 3.05) is 19.8 Å². The summed E-state index contributed by atoms with van der Waals surface area (Å²) in [5, 5.41) is 0. The lowest BCUT2D eigenvalue weighted by Crippen LogP contribution is -2.38. The van der Waals surface area contributed by atoms with E-state index in [9.17, 15) is 28.8 Å². The standard InChI is InChI=1S/C16H28O4.C15H26O4.C14H24O4.3C2H6/c1-6-15(4,5)14(18)19-11-13(17)20-16(7-2,8-3)12-9-10-12;1-6-14(3,4)13(17)18-10-12(16)19-15(5,7-2)11-8-9-11;1-6-13(2,3)12(16)17-9-11(15)18-14(4,5)10-7-8-10;3*1-2/h12H,6-11H2,1-5H3;11H,6-10H2,1-5H3;10H,6-9H2,1-5H3;3*1-2H3.